The maximum atomic E-state index is 12.1. The van der Waals surface area contributed by atoms with Gasteiger partial charge in [-0.2, -0.15) is 0 Å². The molecule has 0 saturated carbocycles. The molecule has 4 N–H and O–H groups in total. The van der Waals surface area contributed by atoms with Crippen LogP contribution in [-0.4, -0.2) is 21.9 Å². The molecule has 0 spiro atoms. The molecule has 8 heteroatoms. The fourth-order valence-electron chi connectivity index (χ4n) is 2.71. The Bertz CT molecular complexity index is 744. The molecule has 0 fully saturated rings. The van der Waals surface area contributed by atoms with E-state index < -0.39 is 11.9 Å². The van der Waals surface area contributed by atoms with Crippen LogP contribution in [0, 0.1) is 5.92 Å². The number of primary amides is 1. The van der Waals surface area contributed by atoms with Gasteiger partial charge in [0.25, 0.3) is 5.91 Å². The zero-order valence-electron chi connectivity index (χ0n) is 12.6. The number of anilines is 2. The molecule has 1 unspecified atom stereocenters. The molecule has 0 aromatic carbocycles. The highest BCUT2D eigenvalue weighted by atomic mass is 32.1. The zero-order chi connectivity index (χ0) is 16.4. The summed E-state index contributed by atoms with van der Waals surface area (Å²) in [6, 6.07) is -0.473. The summed E-state index contributed by atoms with van der Waals surface area (Å²) in [5.41, 5.74) is 6.94. The third-order valence-corrected chi connectivity index (χ3v) is 4.96. The van der Waals surface area contributed by atoms with E-state index in [1.54, 1.807) is 0 Å². The molecule has 120 valence electrons. The first-order valence-corrected chi connectivity index (χ1v) is 8.14. The lowest BCUT2D eigenvalue weighted by atomic mass is 9.88. The first-order chi connectivity index (χ1) is 11.0. The number of fused-ring (bicyclic) bond motifs is 1. The van der Waals surface area contributed by atoms with Gasteiger partial charge in [0, 0.05) is 17.3 Å². The van der Waals surface area contributed by atoms with Crippen molar-refractivity contribution in [2.75, 3.05) is 10.6 Å². The van der Waals surface area contributed by atoms with Crippen molar-refractivity contribution in [3.63, 3.8) is 0 Å². The molecular weight excluding hydrogens is 314 g/mol. The molecule has 1 aliphatic rings. The third-order valence-electron chi connectivity index (χ3n) is 3.79. The first-order valence-electron chi connectivity index (χ1n) is 7.33. The Morgan fingerprint density at radius 2 is 2.17 bits per heavy atom. The quantitative estimate of drug-likeness (QED) is 0.802. The minimum absolute atomic E-state index is 0.334. The van der Waals surface area contributed by atoms with Gasteiger partial charge in [-0.1, -0.05) is 6.92 Å². The molecule has 0 aliphatic heterocycles. The summed E-state index contributed by atoms with van der Waals surface area (Å²) in [7, 11) is 0. The standard InChI is InChI=1S/C15H17N5O2S/c1-8-2-3-9-10(6-8)23-14(12(9)13(16)21)20-15(22)19-11-7-17-4-5-18-11/h4-5,7-8H,2-3,6H2,1H3,(H2,16,21)(H2,18,19,20,22). The number of amides is 3. The van der Waals surface area contributed by atoms with Crippen LogP contribution in [0.3, 0.4) is 0 Å². The molecule has 1 atom stereocenters. The van der Waals surface area contributed by atoms with Crippen LogP contribution in [-0.2, 0) is 12.8 Å². The van der Waals surface area contributed by atoms with Gasteiger partial charge in [0.15, 0.2) is 5.82 Å². The average Bonchev–Trinajstić information content (AvgIpc) is 2.84. The summed E-state index contributed by atoms with van der Waals surface area (Å²) in [4.78, 5) is 32.9. The lowest BCUT2D eigenvalue weighted by molar-refractivity contribution is 0.100. The number of hydrogen-bond acceptors (Lipinski definition) is 5. The second kappa shape index (κ2) is 6.33. The van der Waals surface area contributed by atoms with Crippen LogP contribution >= 0.6 is 11.3 Å². The van der Waals surface area contributed by atoms with E-state index in [0.29, 0.717) is 22.3 Å². The molecule has 3 rings (SSSR count). The molecule has 23 heavy (non-hydrogen) atoms. The van der Waals surface area contributed by atoms with Crippen molar-refractivity contribution in [2.24, 2.45) is 11.7 Å². The highest BCUT2D eigenvalue weighted by Crippen LogP contribution is 2.39. The van der Waals surface area contributed by atoms with E-state index in [2.05, 4.69) is 27.5 Å². The summed E-state index contributed by atoms with van der Waals surface area (Å²) in [5.74, 6) is 0.399. The van der Waals surface area contributed by atoms with E-state index in [1.165, 1.54) is 29.9 Å². The smallest absolute Gasteiger partial charge is 0.325 e. The van der Waals surface area contributed by atoms with Gasteiger partial charge in [-0.05, 0) is 30.7 Å². The number of rotatable bonds is 3. The molecule has 0 bridgehead atoms. The highest BCUT2D eigenvalue weighted by molar-refractivity contribution is 7.17. The lowest BCUT2D eigenvalue weighted by Crippen LogP contribution is -2.22. The monoisotopic (exact) mass is 331 g/mol. The van der Waals surface area contributed by atoms with E-state index in [0.717, 1.165) is 29.7 Å². The van der Waals surface area contributed by atoms with Gasteiger partial charge in [0.1, 0.15) is 5.00 Å². The number of carbonyl (C=O) groups is 2. The molecule has 1 aliphatic carbocycles. The Balaban J connectivity index is 1.82. The van der Waals surface area contributed by atoms with E-state index in [1.807, 2.05) is 0 Å². The Kier molecular flexibility index (Phi) is 4.24. The van der Waals surface area contributed by atoms with Crippen molar-refractivity contribution in [1.82, 2.24) is 9.97 Å². The lowest BCUT2D eigenvalue weighted by Gasteiger charge is -2.18. The van der Waals surface area contributed by atoms with Crippen molar-refractivity contribution < 1.29 is 9.59 Å². The van der Waals surface area contributed by atoms with Gasteiger partial charge in [0.05, 0.1) is 11.8 Å². The van der Waals surface area contributed by atoms with Crippen LogP contribution < -0.4 is 16.4 Å². The summed E-state index contributed by atoms with van der Waals surface area (Å²) < 4.78 is 0. The molecule has 3 amide bonds. The second-order valence-electron chi connectivity index (χ2n) is 5.59. The first kappa shape index (κ1) is 15.4. The number of nitrogens with zero attached hydrogens (tertiary/aromatic N) is 2. The number of thiophene rings is 1. The number of nitrogens with one attached hydrogen (secondary N) is 2. The van der Waals surface area contributed by atoms with Crippen LogP contribution in [0.5, 0.6) is 0 Å². The minimum Gasteiger partial charge on any atom is -0.365 e. The summed E-state index contributed by atoms with van der Waals surface area (Å²) >= 11 is 1.42. The van der Waals surface area contributed by atoms with Crippen molar-refractivity contribution in [3.05, 3.63) is 34.6 Å². The van der Waals surface area contributed by atoms with Crippen LogP contribution in [0.2, 0.25) is 0 Å². The molecule has 2 heterocycles. The third kappa shape index (κ3) is 3.31. The summed E-state index contributed by atoms with van der Waals surface area (Å²) in [6.45, 7) is 2.18. The van der Waals surface area contributed by atoms with Gasteiger partial charge < -0.3 is 5.73 Å². The van der Waals surface area contributed by atoms with Crippen LogP contribution in [0.15, 0.2) is 18.6 Å². The Labute approximate surface area is 137 Å². The zero-order valence-corrected chi connectivity index (χ0v) is 13.4. The van der Waals surface area contributed by atoms with E-state index in [4.69, 9.17) is 5.73 Å². The number of nitrogens with two attached hydrogens (primary N) is 1. The van der Waals surface area contributed by atoms with E-state index >= 15 is 0 Å². The molecule has 0 radical (unpaired) electrons. The summed E-state index contributed by atoms with van der Waals surface area (Å²) in [6.07, 6.45) is 7.19. The maximum Gasteiger partial charge on any atom is 0.325 e. The minimum atomic E-state index is -0.508. The Hall–Kier alpha value is -2.48. The van der Waals surface area contributed by atoms with Crippen molar-refractivity contribution in [2.45, 2.75) is 26.2 Å². The molecule has 0 saturated heterocycles. The summed E-state index contributed by atoms with van der Waals surface area (Å²) in [5, 5.41) is 5.79. The van der Waals surface area contributed by atoms with Crippen molar-refractivity contribution >= 4 is 34.1 Å². The number of urea groups is 1. The van der Waals surface area contributed by atoms with Gasteiger partial charge >= 0.3 is 6.03 Å². The molecule has 2 aromatic rings. The second-order valence-corrected chi connectivity index (χ2v) is 6.70. The van der Waals surface area contributed by atoms with E-state index in [9.17, 15) is 9.59 Å². The SMILES string of the molecule is CC1CCc2c(sc(NC(=O)Nc3cnccn3)c2C(N)=O)C1. The number of carbonyl (C=O) groups excluding carboxylic acids is 2. The largest absolute Gasteiger partial charge is 0.365 e. The highest BCUT2D eigenvalue weighted by Gasteiger charge is 2.27. The van der Waals surface area contributed by atoms with Crippen molar-refractivity contribution in [1.29, 1.82) is 0 Å². The molecule has 2 aromatic heterocycles. The predicted octanol–water partition coefficient (Wildman–Crippen LogP) is 2.41. The fraction of sp³-hybridized carbons (Fsp3) is 0.333. The average molecular weight is 331 g/mol. The molecule has 7 nitrogen and oxygen atoms in total. The van der Waals surface area contributed by atoms with Crippen LogP contribution in [0.25, 0.3) is 0 Å². The van der Waals surface area contributed by atoms with Gasteiger partial charge in [0.2, 0.25) is 0 Å². The Morgan fingerprint density at radius 3 is 2.87 bits per heavy atom. The van der Waals surface area contributed by atoms with Gasteiger partial charge in [-0.25, -0.2) is 9.78 Å². The maximum absolute atomic E-state index is 12.1. The van der Waals surface area contributed by atoms with Gasteiger partial charge in [-0.3, -0.25) is 20.4 Å². The Morgan fingerprint density at radius 1 is 1.35 bits per heavy atom. The van der Waals surface area contributed by atoms with Crippen molar-refractivity contribution in [3.8, 4) is 0 Å². The normalized spacial score (nSPS) is 16.5. The molecular formula is C15H17N5O2S. The van der Waals surface area contributed by atoms with E-state index in [-0.39, 0.29) is 0 Å². The topological polar surface area (TPSA) is 110 Å². The number of hydrogen-bond donors (Lipinski definition) is 3. The predicted molar refractivity (Wildman–Crippen MR) is 88.7 cm³/mol. The van der Waals surface area contributed by atoms with Gasteiger partial charge in [-0.15, -0.1) is 11.3 Å². The van der Waals surface area contributed by atoms with Crippen LogP contribution in [0.4, 0.5) is 15.6 Å². The fourth-order valence-corrected chi connectivity index (χ4v) is 4.12. The number of aromatic nitrogens is 2. The van der Waals surface area contributed by atoms with Crippen LogP contribution in [0.1, 0.15) is 34.1 Å².